The number of amides is 4. The summed E-state index contributed by atoms with van der Waals surface area (Å²) in [6.07, 6.45) is -0.300. The number of aliphatic hydroxyl groups excluding tert-OH is 1. The minimum Gasteiger partial charge on any atom is -0.483 e. The third-order valence-electron chi connectivity index (χ3n) is 5.38. The van der Waals surface area contributed by atoms with Crippen LogP contribution in [-0.4, -0.2) is 69.1 Å². The first-order valence-corrected chi connectivity index (χ1v) is 9.48. The molecule has 0 aliphatic carbocycles. The molecule has 2 saturated heterocycles. The molecule has 0 bridgehead atoms. The maximum atomic E-state index is 12.6. The van der Waals surface area contributed by atoms with Crippen molar-refractivity contribution in [3.05, 3.63) is 35.9 Å². The summed E-state index contributed by atoms with van der Waals surface area (Å²) in [5, 5.41) is 19.3. The summed E-state index contributed by atoms with van der Waals surface area (Å²) in [5.41, 5.74) is 0.0254. The Morgan fingerprint density at radius 2 is 1.76 bits per heavy atom. The number of hydrogen-bond donors (Lipinski definition) is 3. The van der Waals surface area contributed by atoms with Gasteiger partial charge in [-0.25, -0.2) is 4.79 Å². The number of aliphatic hydroxyl groups is 1. The number of imide groups is 1. The molecule has 9 nitrogen and oxygen atoms in total. The second-order valence-corrected chi connectivity index (χ2v) is 7.48. The standard InChI is InChI=1S/C19H25N3O4.CH2O2/c1-13(2)15(23)16(24)21-10-8-19(9-11-21)17(25)20-18(26)22(19)12-14-6-4-3-5-7-14;2-1-3/h3-7,13,15,23H,8-12H2,1-2H3,(H,20,25,26);1H,(H,2,3). The highest BCUT2D eigenvalue weighted by Crippen LogP contribution is 2.34. The van der Waals surface area contributed by atoms with Crippen molar-refractivity contribution < 1.29 is 29.4 Å². The van der Waals surface area contributed by atoms with E-state index in [1.54, 1.807) is 23.6 Å². The molecule has 29 heavy (non-hydrogen) atoms. The number of rotatable bonds is 4. The molecule has 2 fully saturated rings. The molecular formula is C20H27N3O6. The van der Waals surface area contributed by atoms with Crippen molar-refractivity contribution in [2.45, 2.75) is 44.9 Å². The quantitative estimate of drug-likeness (QED) is 0.503. The number of hydrogen-bond acceptors (Lipinski definition) is 5. The van der Waals surface area contributed by atoms with Crippen LogP contribution in [0.4, 0.5) is 4.79 Å². The van der Waals surface area contributed by atoms with Crippen molar-refractivity contribution in [3.63, 3.8) is 0 Å². The second kappa shape index (κ2) is 9.51. The highest BCUT2D eigenvalue weighted by molar-refractivity contribution is 6.07. The van der Waals surface area contributed by atoms with Crippen molar-refractivity contribution in [2.24, 2.45) is 5.92 Å². The van der Waals surface area contributed by atoms with E-state index in [1.165, 1.54) is 0 Å². The Labute approximate surface area is 169 Å². The van der Waals surface area contributed by atoms with Crippen molar-refractivity contribution in [3.8, 4) is 0 Å². The van der Waals surface area contributed by atoms with Crippen LogP contribution in [0.15, 0.2) is 30.3 Å². The summed E-state index contributed by atoms with van der Waals surface area (Å²) in [4.78, 5) is 48.8. The van der Waals surface area contributed by atoms with E-state index in [4.69, 9.17) is 9.90 Å². The van der Waals surface area contributed by atoms with Gasteiger partial charge in [0.2, 0.25) is 0 Å². The van der Waals surface area contributed by atoms with Gasteiger partial charge in [0, 0.05) is 19.6 Å². The smallest absolute Gasteiger partial charge is 0.325 e. The van der Waals surface area contributed by atoms with E-state index in [1.807, 2.05) is 30.3 Å². The molecule has 0 aromatic heterocycles. The maximum absolute atomic E-state index is 12.6. The Morgan fingerprint density at radius 3 is 2.28 bits per heavy atom. The largest absolute Gasteiger partial charge is 0.483 e. The van der Waals surface area contributed by atoms with E-state index in [0.717, 1.165) is 5.56 Å². The van der Waals surface area contributed by atoms with Gasteiger partial charge < -0.3 is 20.0 Å². The lowest BCUT2D eigenvalue weighted by atomic mass is 9.85. The van der Waals surface area contributed by atoms with E-state index in [0.29, 0.717) is 32.5 Å². The molecule has 3 N–H and O–H groups in total. The summed E-state index contributed by atoms with van der Waals surface area (Å²) in [7, 11) is 0. The van der Waals surface area contributed by atoms with Crippen LogP contribution < -0.4 is 5.32 Å². The van der Waals surface area contributed by atoms with Gasteiger partial charge in [0.1, 0.15) is 11.6 Å². The van der Waals surface area contributed by atoms with Gasteiger partial charge in [-0.05, 0) is 24.3 Å². The molecule has 1 spiro atoms. The van der Waals surface area contributed by atoms with Crippen LogP contribution in [0.2, 0.25) is 0 Å². The lowest BCUT2D eigenvalue weighted by Crippen LogP contribution is -2.58. The number of carbonyl (C=O) groups is 4. The fourth-order valence-electron chi connectivity index (χ4n) is 3.65. The van der Waals surface area contributed by atoms with Gasteiger partial charge in [-0.3, -0.25) is 19.7 Å². The Balaban J connectivity index is 0.000000941. The number of carbonyl (C=O) groups excluding carboxylic acids is 3. The summed E-state index contributed by atoms with van der Waals surface area (Å²) < 4.78 is 0. The Bertz CT molecular complexity index is 744. The fraction of sp³-hybridized carbons (Fsp3) is 0.500. The molecule has 158 valence electrons. The average molecular weight is 405 g/mol. The fourth-order valence-corrected chi connectivity index (χ4v) is 3.65. The molecule has 1 atom stereocenters. The summed E-state index contributed by atoms with van der Waals surface area (Å²) in [6, 6.07) is 9.14. The van der Waals surface area contributed by atoms with Crippen molar-refractivity contribution in [1.29, 1.82) is 0 Å². The van der Waals surface area contributed by atoms with Crippen molar-refractivity contribution in [1.82, 2.24) is 15.1 Å². The van der Waals surface area contributed by atoms with Gasteiger partial charge in [0.25, 0.3) is 18.3 Å². The van der Waals surface area contributed by atoms with Gasteiger partial charge >= 0.3 is 6.03 Å². The number of carboxylic acid groups (broad SMARTS) is 1. The number of benzene rings is 1. The zero-order valence-electron chi connectivity index (χ0n) is 16.6. The molecule has 1 unspecified atom stereocenters. The molecule has 2 aliphatic heterocycles. The normalized spacial score (nSPS) is 18.9. The number of likely N-dealkylation sites (tertiary alicyclic amines) is 1. The lowest BCUT2D eigenvalue weighted by molar-refractivity contribution is -0.146. The summed E-state index contributed by atoms with van der Waals surface area (Å²) in [6.45, 7) is 4.36. The van der Waals surface area contributed by atoms with Gasteiger partial charge in [-0.1, -0.05) is 44.2 Å². The molecule has 4 amide bonds. The first-order chi connectivity index (χ1) is 13.8. The zero-order valence-corrected chi connectivity index (χ0v) is 16.6. The Hall–Kier alpha value is -2.94. The van der Waals surface area contributed by atoms with Crippen LogP contribution in [0.5, 0.6) is 0 Å². The molecule has 0 saturated carbocycles. The SMILES string of the molecule is CC(C)C(O)C(=O)N1CCC2(CC1)C(=O)NC(=O)N2Cc1ccccc1.O=CO. The molecule has 9 heteroatoms. The number of urea groups is 1. The number of nitrogens with zero attached hydrogens (tertiary/aromatic N) is 2. The lowest BCUT2D eigenvalue weighted by Gasteiger charge is -2.42. The first kappa shape index (κ1) is 22.4. The van der Waals surface area contributed by atoms with Gasteiger partial charge in [0.15, 0.2) is 0 Å². The number of nitrogens with one attached hydrogen (secondary N) is 1. The Morgan fingerprint density at radius 1 is 1.21 bits per heavy atom. The van der Waals surface area contributed by atoms with Crippen molar-refractivity contribution in [2.75, 3.05) is 13.1 Å². The summed E-state index contributed by atoms with van der Waals surface area (Å²) in [5.74, 6) is -0.770. The van der Waals surface area contributed by atoms with E-state index in [9.17, 15) is 19.5 Å². The molecule has 2 heterocycles. The van der Waals surface area contributed by atoms with E-state index < -0.39 is 11.6 Å². The Kier molecular flexibility index (Phi) is 7.33. The van der Waals surface area contributed by atoms with Gasteiger partial charge in [0.05, 0.1) is 0 Å². The minimum atomic E-state index is -1.04. The third kappa shape index (κ3) is 4.73. The van der Waals surface area contributed by atoms with Crippen LogP contribution >= 0.6 is 0 Å². The highest BCUT2D eigenvalue weighted by Gasteiger charge is 2.54. The molecule has 1 aromatic rings. The van der Waals surface area contributed by atoms with Gasteiger partial charge in [-0.2, -0.15) is 0 Å². The van der Waals surface area contributed by atoms with Crippen LogP contribution in [0, 0.1) is 5.92 Å². The van der Waals surface area contributed by atoms with E-state index in [2.05, 4.69) is 5.32 Å². The molecule has 1 aromatic carbocycles. The minimum absolute atomic E-state index is 0.163. The van der Waals surface area contributed by atoms with Crippen molar-refractivity contribution >= 4 is 24.3 Å². The van der Waals surface area contributed by atoms with Gasteiger partial charge in [-0.15, -0.1) is 0 Å². The van der Waals surface area contributed by atoms with E-state index in [-0.39, 0.29) is 30.2 Å². The highest BCUT2D eigenvalue weighted by atomic mass is 16.3. The summed E-state index contributed by atoms with van der Waals surface area (Å²) >= 11 is 0. The molecular weight excluding hydrogens is 378 g/mol. The average Bonchev–Trinajstić information content (AvgIpc) is 2.93. The monoisotopic (exact) mass is 405 g/mol. The zero-order chi connectivity index (χ0) is 21.6. The first-order valence-electron chi connectivity index (χ1n) is 9.48. The van der Waals surface area contributed by atoms with E-state index >= 15 is 0 Å². The molecule has 3 rings (SSSR count). The van der Waals surface area contributed by atoms with Crippen LogP contribution in [0.3, 0.4) is 0 Å². The second-order valence-electron chi connectivity index (χ2n) is 7.48. The number of piperidine rings is 1. The maximum Gasteiger partial charge on any atom is 0.325 e. The molecule has 2 aliphatic rings. The molecule has 0 radical (unpaired) electrons. The predicted molar refractivity (Wildman–Crippen MR) is 104 cm³/mol. The predicted octanol–water partition coefficient (Wildman–Crippen LogP) is 0.817. The van der Waals surface area contributed by atoms with Crippen LogP contribution in [0.1, 0.15) is 32.3 Å². The topological polar surface area (TPSA) is 127 Å². The van der Waals surface area contributed by atoms with Crippen LogP contribution in [-0.2, 0) is 20.9 Å². The van der Waals surface area contributed by atoms with Crippen LogP contribution in [0.25, 0.3) is 0 Å². The third-order valence-corrected chi connectivity index (χ3v) is 5.38.